The monoisotopic (exact) mass is 649 g/mol. The maximum absolute atomic E-state index is 12.6. The Hall–Kier alpha value is -5.24. The number of nitrogens with one attached hydrogen (secondary N) is 5. The summed E-state index contributed by atoms with van der Waals surface area (Å²) in [5, 5.41) is 32.1. The van der Waals surface area contributed by atoms with Crippen LogP contribution in [0.15, 0.2) is 48.8 Å². The van der Waals surface area contributed by atoms with Crippen LogP contribution in [-0.4, -0.2) is 77.7 Å². The van der Waals surface area contributed by atoms with Crippen molar-refractivity contribution >= 4 is 46.7 Å². The van der Waals surface area contributed by atoms with E-state index in [0.717, 1.165) is 38.5 Å². The highest BCUT2D eigenvalue weighted by atomic mass is 16.5. The molecule has 0 bridgehead atoms. The minimum absolute atomic E-state index is 0.0838. The minimum atomic E-state index is -0.749. The van der Waals surface area contributed by atoms with Gasteiger partial charge >= 0.3 is 5.97 Å². The number of benzene rings is 1. The maximum Gasteiger partial charge on any atom is 0.303 e. The third-order valence-corrected chi connectivity index (χ3v) is 7.14. The molecule has 252 valence electrons. The molecule has 2 heterocycles. The number of aromatic nitrogens is 2. The largest absolute Gasteiger partial charge is 0.494 e. The summed E-state index contributed by atoms with van der Waals surface area (Å²) >= 11 is 0. The fourth-order valence-electron chi connectivity index (χ4n) is 4.71. The van der Waals surface area contributed by atoms with Gasteiger partial charge in [0, 0.05) is 45.0 Å². The molecule has 0 aliphatic heterocycles. The van der Waals surface area contributed by atoms with E-state index in [0.29, 0.717) is 41.5 Å². The lowest BCUT2D eigenvalue weighted by atomic mass is 10.1. The van der Waals surface area contributed by atoms with E-state index in [-0.39, 0.29) is 48.3 Å². The molecule has 0 saturated heterocycles. The van der Waals surface area contributed by atoms with E-state index < -0.39 is 11.9 Å². The predicted molar refractivity (Wildman–Crippen MR) is 178 cm³/mol. The molecule has 0 spiro atoms. The van der Waals surface area contributed by atoms with Crippen LogP contribution in [0.1, 0.15) is 82.4 Å². The number of carboxylic acid groups (broad SMARTS) is 1. The molecule has 1 aromatic carbocycles. The van der Waals surface area contributed by atoms with Crippen molar-refractivity contribution in [3.05, 3.63) is 65.5 Å². The SMILES string of the molecule is CNC(=O)c1cnc(Nc2ccc(C(=O)NCCCCCCCCCC(=O)O)cn2)cc1Nc1cccc(C(=O)NCCO)c1OC. The van der Waals surface area contributed by atoms with Crippen LogP contribution >= 0.6 is 0 Å². The molecule has 47 heavy (non-hydrogen) atoms. The van der Waals surface area contributed by atoms with E-state index in [2.05, 4.69) is 36.6 Å². The first-order valence-electron chi connectivity index (χ1n) is 15.6. The fraction of sp³-hybridized carbons (Fsp3) is 0.394. The van der Waals surface area contributed by atoms with Gasteiger partial charge in [0.25, 0.3) is 17.7 Å². The molecule has 0 atom stereocenters. The topological polar surface area (TPSA) is 204 Å². The molecule has 0 fully saturated rings. The van der Waals surface area contributed by atoms with Crippen molar-refractivity contribution in [2.45, 2.75) is 51.4 Å². The van der Waals surface area contributed by atoms with Crippen molar-refractivity contribution in [1.82, 2.24) is 25.9 Å². The van der Waals surface area contributed by atoms with Crippen molar-refractivity contribution < 1.29 is 34.1 Å². The smallest absolute Gasteiger partial charge is 0.303 e. The number of rotatable bonds is 20. The number of unbranched alkanes of at least 4 members (excludes halogenated alkanes) is 6. The zero-order chi connectivity index (χ0) is 34.0. The fourth-order valence-corrected chi connectivity index (χ4v) is 4.71. The van der Waals surface area contributed by atoms with Crippen LogP contribution in [0.2, 0.25) is 0 Å². The molecule has 0 unspecified atom stereocenters. The number of aliphatic hydroxyl groups excluding tert-OH is 1. The molecule has 0 aliphatic carbocycles. The van der Waals surface area contributed by atoms with Crippen molar-refractivity contribution in [3.63, 3.8) is 0 Å². The summed E-state index contributed by atoms with van der Waals surface area (Å²) in [4.78, 5) is 57.0. The summed E-state index contributed by atoms with van der Waals surface area (Å²) in [6.45, 7) is 0.428. The predicted octanol–water partition coefficient (Wildman–Crippen LogP) is 3.99. The number of amides is 3. The number of hydrogen-bond acceptors (Lipinski definition) is 10. The zero-order valence-corrected chi connectivity index (χ0v) is 26.7. The normalized spacial score (nSPS) is 10.5. The molecular formula is C33H43N7O7. The van der Waals surface area contributed by atoms with Gasteiger partial charge in [0.15, 0.2) is 5.75 Å². The van der Waals surface area contributed by atoms with Crippen LogP contribution < -0.4 is 31.3 Å². The van der Waals surface area contributed by atoms with Gasteiger partial charge < -0.3 is 41.5 Å². The van der Waals surface area contributed by atoms with Crippen LogP contribution in [0.4, 0.5) is 23.0 Å². The Morgan fingerprint density at radius 2 is 1.45 bits per heavy atom. The van der Waals surface area contributed by atoms with E-state index in [4.69, 9.17) is 14.9 Å². The summed E-state index contributed by atoms with van der Waals surface area (Å²) < 4.78 is 5.52. The number of anilines is 4. The van der Waals surface area contributed by atoms with Gasteiger partial charge in [-0.25, -0.2) is 9.97 Å². The molecule has 3 rings (SSSR count). The van der Waals surface area contributed by atoms with E-state index in [1.54, 1.807) is 36.4 Å². The van der Waals surface area contributed by atoms with E-state index in [9.17, 15) is 19.2 Å². The maximum atomic E-state index is 12.6. The summed E-state index contributed by atoms with van der Waals surface area (Å²) in [6.07, 6.45) is 9.69. The second-order valence-electron chi connectivity index (χ2n) is 10.6. The molecular weight excluding hydrogens is 606 g/mol. The number of hydrogen-bond donors (Lipinski definition) is 7. The number of carboxylic acids is 1. The van der Waals surface area contributed by atoms with Crippen LogP contribution in [-0.2, 0) is 4.79 Å². The van der Waals surface area contributed by atoms with Crippen molar-refractivity contribution in [1.29, 1.82) is 0 Å². The molecule has 14 nitrogen and oxygen atoms in total. The van der Waals surface area contributed by atoms with E-state index in [1.165, 1.54) is 26.6 Å². The second-order valence-corrected chi connectivity index (χ2v) is 10.6. The highest BCUT2D eigenvalue weighted by Crippen LogP contribution is 2.33. The first kappa shape index (κ1) is 36.2. The van der Waals surface area contributed by atoms with Crippen LogP contribution in [0.3, 0.4) is 0 Å². The number of carbonyl (C=O) groups is 4. The molecule has 0 aliphatic rings. The Labute approximate surface area is 273 Å². The highest BCUT2D eigenvalue weighted by molar-refractivity contribution is 6.02. The van der Waals surface area contributed by atoms with E-state index in [1.807, 2.05) is 0 Å². The Balaban J connectivity index is 1.60. The van der Waals surface area contributed by atoms with Crippen molar-refractivity contribution in [3.8, 4) is 5.75 Å². The quantitative estimate of drug-likeness (QED) is 0.0872. The number of aliphatic carboxylic acids is 1. The van der Waals surface area contributed by atoms with Gasteiger partial charge in [-0.05, 0) is 37.1 Å². The average Bonchev–Trinajstić information content (AvgIpc) is 3.07. The van der Waals surface area contributed by atoms with Gasteiger partial charge in [0.2, 0.25) is 0 Å². The van der Waals surface area contributed by atoms with Gasteiger partial charge in [-0.2, -0.15) is 0 Å². The Bertz CT molecular complexity index is 1500. The summed E-state index contributed by atoms with van der Waals surface area (Å²) in [5.74, 6) is -0.746. The molecule has 7 N–H and O–H groups in total. The standard InChI is InChI=1S/C33H43N7O7/c1-34-32(45)24-21-38-28(19-26(24)39-25-12-10-11-23(30(25)47-2)33(46)36-17-18-41)40-27-15-14-22(20-37-27)31(44)35-16-9-7-5-3-4-6-8-13-29(42)43/h10-12,14-15,19-21,41H,3-9,13,16-18H2,1-2H3,(H,34,45)(H,35,44)(H,36,46)(H,42,43)(H2,37,38,39,40). The molecule has 2 aromatic heterocycles. The second kappa shape index (κ2) is 19.3. The number of para-hydroxylation sites is 1. The number of carbonyl (C=O) groups excluding carboxylic acids is 3. The zero-order valence-electron chi connectivity index (χ0n) is 26.7. The third-order valence-electron chi connectivity index (χ3n) is 7.14. The van der Waals surface area contributed by atoms with Crippen LogP contribution in [0.25, 0.3) is 0 Å². The first-order chi connectivity index (χ1) is 22.8. The van der Waals surface area contributed by atoms with Gasteiger partial charge in [0.05, 0.1) is 41.8 Å². The molecule has 3 aromatic rings. The average molecular weight is 650 g/mol. The lowest BCUT2D eigenvalue weighted by Gasteiger charge is -2.17. The molecule has 3 amide bonds. The number of pyridine rings is 2. The lowest BCUT2D eigenvalue weighted by Crippen LogP contribution is -2.26. The summed E-state index contributed by atoms with van der Waals surface area (Å²) in [6, 6.07) is 9.86. The van der Waals surface area contributed by atoms with Gasteiger partial charge in [-0.3, -0.25) is 19.2 Å². The van der Waals surface area contributed by atoms with Crippen molar-refractivity contribution in [2.24, 2.45) is 0 Å². The third kappa shape index (κ3) is 11.6. The molecule has 0 radical (unpaired) electrons. The van der Waals surface area contributed by atoms with Gasteiger partial charge in [-0.1, -0.05) is 38.2 Å². The Morgan fingerprint density at radius 1 is 0.745 bits per heavy atom. The van der Waals surface area contributed by atoms with Crippen molar-refractivity contribution in [2.75, 3.05) is 44.5 Å². The minimum Gasteiger partial charge on any atom is -0.494 e. The van der Waals surface area contributed by atoms with Crippen LogP contribution in [0.5, 0.6) is 5.75 Å². The summed E-state index contributed by atoms with van der Waals surface area (Å²) in [7, 11) is 2.93. The summed E-state index contributed by atoms with van der Waals surface area (Å²) in [5.41, 5.74) is 1.70. The van der Waals surface area contributed by atoms with E-state index >= 15 is 0 Å². The first-order valence-corrected chi connectivity index (χ1v) is 15.6. The van der Waals surface area contributed by atoms with Gasteiger partial charge in [0.1, 0.15) is 11.6 Å². The number of nitrogens with zero attached hydrogens (tertiary/aromatic N) is 2. The van der Waals surface area contributed by atoms with Crippen LogP contribution in [0, 0.1) is 0 Å². The Morgan fingerprint density at radius 3 is 2.11 bits per heavy atom. The number of methoxy groups -OCH3 is 1. The molecule has 0 saturated carbocycles. The van der Waals surface area contributed by atoms with Gasteiger partial charge in [-0.15, -0.1) is 0 Å². The Kier molecular flexibility index (Phi) is 14.9. The number of ether oxygens (including phenoxy) is 1. The highest BCUT2D eigenvalue weighted by Gasteiger charge is 2.19. The number of aliphatic hydroxyl groups is 1. The lowest BCUT2D eigenvalue weighted by molar-refractivity contribution is -0.137. The molecule has 14 heteroatoms.